The van der Waals surface area contributed by atoms with Gasteiger partial charge in [0.05, 0.1) is 0 Å². The topological polar surface area (TPSA) is 34.1 Å². The van der Waals surface area contributed by atoms with Gasteiger partial charge in [0.25, 0.3) is 0 Å². The first-order valence-corrected chi connectivity index (χ1v) is 7.68. The molecule has 0 radical (unpaired) electrons. The highest BCUT2D eigenvalue weighted by molar-refractivity contribution is 6.16. The Hall–Kier alpha value is -1.77. The number of hydrogen-bond donors (Lipinski definition) is 0. The van der Waals surface area contributed by atoms with Gasteiger partial charge >= 0.3 is 0 Å². The molecule has 0 saturated heterocycles. The maximum atomic E-state index is 14.0. The lowest BCUT2D eigenvalue weighted by Crippen LogP contribution is -2.40. The van der Waals surface area contributed by atoms with Crippen LogP contribution in [0.3, 0.4) is 0 Å². The molecule has 0 aliphatic heterocycles. The normalized spacial score (nSPS) is 45.7. The van der Waals surface area contributed by atoms with E-state index in [1.54, 1.807) is 18.2 Å². The van der Waals surface area contributed by atoms with Crippen molar-refractivity contribution < 1.29 is 14.0 Å². The molecule has 106 valence electrons. The molecule has 2 bridgehead atoms. The van der Waals surface area contributed by atoms with Gasteiger partial charge in [-0.3, -0.25) is 9.59 Å². The number of carbonyl (C=O) groups is 2. The van der Waals surface area contributed by atoms with Gasteiger partial charge in [0.2, 0.25) is 0 Å². The third-order valence-corrected chi connectivity index (χ3v) is 6.09. The van der Waals surface area contributed by atoms with Crippen LogP contribution in [0, 0.1) is 41.3 Å². The van der Waals surface area contributed by atoms with E-state index in [9.17, 15) is 14.0 Å². The summed E-state index contributed by atoms with van der Waals surface area (Å²) < 4.78 is 14.0. The maximum absolute atomic E-state index is 14.0. The van der Waals surface area contributed by atoms with Crippen molar-refractivity contribution in [2.45, 2.75) is 12.3 Å². The predicted molar refractivity (Wildman–Crippen MR) is 73.9 cm³/mol. The first-order valence-electron chi connectivity index (χ1n) is 7.68. The minimum Gasteiger partial charge on any atom is -0.298 e. The van der Waals surface area contributed by atoms with Crippen LogP contribution in [0.5, 0.6) is 0 Å². The Kier molecular flexibility index (Phi) is 2.09. The lowest BCUT2D eigenvalue weighted by atomic mass is 9.63. The summed E-state index contributed by atoms with van der Waals surface area (Å²) in [7, 11) is 0. The molecule has 5 aliphatic carbocycles. The molecule has 6 unspecified atom stereocenters. The number of Topliss-reactive ketones (excluding diaryl/α,β-unsaturated/α-hetero) is 2. The molecule has 0 N–H and O–H groups in total. The van der Waals surface area contributed by atoms with E-state index in [4.69, 9.17) is 0 Å². The van der Waals surface area contributed by atoms with Crippen LogP contribution in [0.4, 0.5) is 4.39 Å². The van der Waals surface area contributed by atoms with Gasteiger partial charge < -0.3 is 0 Å². The molecule has 3 heteroatoms. The van der Waals surface area contributed by atoms with Gasteiger partial charge in [0.1, 0.15) is 11.7 Å². The lowest BCUT2D eigenvalue weighted by Gasteiger charge is -2.39. The van der Waals surface area contributed by atoms with Crippen LogP contribution < -0.4 is 0 Å². The Morgan fingerprint density at radius 1 is 0.905 bits per heavy atom. The highest BCUT2D eigenvalue weighted by Gasteiger charge is 2.67. The monoisotopic (exact) mass is 282 g/mol. The molecule has 0 amide bonds. The average Bonchev–Trinajstić information content (AvgIpc) is 3.26. The molecule has 1 aromatic carbocycles. The van der Waals surface area contributed by atoms with Crippen molar-refractivity contribution in [1.82, 2.24) is 0 Å². The molecular formula is C18H15FO2. The molecule has 0 aromatic heterocycles. The number of rotatable bonds is 1. The first kappa shape index (κ1) is 11.8. The van der Waals surface area contributed by atoms with Gasteiger partial charge in [-0.05, 0) is 36.2 Å². The van der Waals surface area contributed by atoms with Crippen LogP contribution in [-0.2, 0) is 9.59 Å². The van der Waals surface area contributed by atoms with Crippen LogP contribution in [0.2, 0.25) is 0 Å². The zero-order valence-corrected chi connectivity index (χ0v) is 11.4. The van der Waals surface area contributed by atoms with E-state index >= 15 is 0 Å². The second-order valence-electron chi connectivity index (χ2n) is 6.91. The van der Waals surface area contributed by atoms with E-state index in [1.807, 2.05) is 0 Å². The summed E-state index contributed by atoms with van der Waals surface area (Å²) in [6, 6.07) is 6.22. The van der Waals surface area contributed by atoms with E-state index in [-0.39, 0.29) is 40.8 Å². The van der Waals surface area contributed by atoms with Crippen LogP contribution in [0.25, 0.3) is 0 Å². The van der Waals surface area contributed by atoms with Gasteiger partial charge in [-0.1, -0.05) is 30.4 Å². The van der Waals surface area contributed by atoms with Crippen LogP contribution in [0.1, 0.15) is 17.9 Å². The van der Waals surface area contributed by atoms with Crippen molar-refractivity contribution >= 4 is 11.6 Å². The summed E-state index contributed by atoms with van der Waals surface area (Å²) in [5.41, 5.74) is 0.273. The van der Waals surface area contributed by atoms with E-state index < -0.39 is 11.7 Å². The van der Waals surface area contributed by atoms with Crippen LogP contribution >= 0.6 is 0 Å². The zero-order chi connectivity index (χ0) is 14.3. The summed E-state index contributed by atoms with van der Waals surface area (Å²) in [6.07, 6.45) is 5.45. The highest BCUT2D eigenvalue weighted by atomic mass is 19.1. The average molecular weight is 282 g/mol. The number of halogens is 1. The summed E-state index contributed by atoms with van der Waals surface area (Å²) >= 11 is 0. The van der Waals surface area contributed by atoms with E-state index in [2.05, 4.69) is 12.2 Å². The maximum Gasteiger partial charge on any atom is 0.152 e. The number of benzene rings is 1. The molecule has 6 rings (SSSR count). The number of ketones is 2. The van der Waals surface area contributed by atoms with Crippen LogP contribution in [-0.4, -0.2) is 11.6 Å². The Labute approximate surface area is 122 Å². The molecule has 1 aromatic rings. The summed E-state index contributed by atoms with van der Waals surface area (Å²) in [4.78, 5) is 25.7. The molecule has 0 heterocycles. The fourth-order valence-corrected chi connectivity index (χ4v) is 5.19. The quantitative estimate of drug-likeness (QED) is 0.586. The number of carbonyl (C=O) groups excluding carboxylic acids is 2. The molecule has 0 spiro atoms. The Balaban J connectivity index is 1.62. The lowest BCUT2D eigenvalue weighted by molar-refractivity contribution is -0.125. The molecular weight excluding hydrogens is 267 g/mol. The highest BCUT2D eigenvalue weighted by Crippen LogP contribution is 2.66. The molecule has 21 heavy (non-hydrogen) atoms. The minimum atomic E-state index is -0.872. The standard InChI is InChI=1S/C18H15FO2/c19-13-4-2-1-3-10(13)16-17(20)14-8-5-6-9(12-7-11(8)12)15(14)18(16)21/h1-6,8-9,11-12,14-16H,7H2. The SMILES string of the molecule is O=C1C(c2ccccc2F)C(=O)C2C3C=CC(C4CC34)C12. The van der Waals surface area contributed by atoms with Crippen molar-refractivity contribution in [2.24, 2.45) is 35.5 Å². The largest absolute Gasteiger partial charge is 0.298 e. The van der Waals surface area contributed by atoms with Crippen molar-refractivity contribution in [3.05, 3.63) is 47.8 Å². The van der Waals surface area contributed by atoms with Crippen molar-refractivity contribution in [1.29, 1.82) is 0 Å². The van der Waals surface area contributed by atoms with E-state index in [1.165, 1.54) is 6.07 Å². The third kappa shape index (κ3) is 1.32. The Morgan fingerprint density at radius 2 is 1.48 bits per heavy atom. The van der Waals surface area contributed by atoms with Gasteiger partial charge in [-0.15, -0.1) is 0 Å². The van der Waals surface area contributed by atoms with Crippen molar-refractivity contribution in [3.63, 3.8) is 0 Å². The van der Waals surface area contributed by atoms with Crippen LogP contribution in [0.15, 0.2) is 36.4 Å². The van der Waals surface area contributed by atoms with Crippen molar-refractivity contribution in [3.8, 4) is 0 Å². The molecule has 5 aliphatic rings. The Morgan fingerprint density at radius 3 is 2.05 bits per heavy atom. The van der Waals surface area contributed by atoms with Gasteiger partial charge in [-0.2, -0.15) is 0 Å². The molecule has 6 atom stereocenters. The number of allylic oxidation sites excluding steroid dienone is 2. The second kappa shape index (κ2) is 3.70. The summed E-state index contributed by atoms with van der Waals surface area (Å²) in [5.74, 6) is -0.149. The minimum absolute atomic E-state index is 0.0419. The molecule has 2 nitrogen and oxygen atoms in total. The second-order valence-corrected chi connectivity index (χ2v) is 6.91. The van der Waals surface area contributed by atoms with Crippen molar-refractivity contribution in [2.75, 3.05) is 0 Å². The fraction of sp³-hybridized carbons (Fsp3) is 0.444. The van der Waals surface area contributed by atoms with E-state index in [0.29, 0.717) is 11.8 Å². The predicted octanol–water partition coefficient (Wildman–Crippen LogP) is 2.75. The molecule has 3 fully saturated rings. The molecule has 3 saturated carbocycles. The third-order valence-electron chi connectivity index (χ3n) is 6.09. The first-order chi connectivity index (χ1) is 10.2. The number of hydrogen-bond acceptors (Lipinski definition) is 2. The summed E-state index contributed by atoms with van der Waals surface area (Å²) in [5, 5.41) is 0. The van der Waals surface area contributed by atoms with Gasteiger partial charge in [0.15, 0.2) is 11.6 Å². The Bertz CT molecular complexity index is 671. The van der Waals surface area contributed by atoms with E-state index in [0.717, 1.165) is 6.42 Å². The summed E-state index contributed by atoms with van der Waals surface area (Å²) in [6.45, 7) is 0. The fourth-order valence-electron chi connectivity index (χ4n) is 5.19. The smallest absolute Gasteiger partial charge is 0.152 e. The van der Waals surface area contributed by atoms with Gasteiger partial charge in [-0.25, -0.2) is 4.39 Å². The van der Waals surface area contributed by atoms with Gasteiger partial charge in [0, 0.05) is 17.4 Å². The zero-order valence-electron chi connectivity index (χ0n) is 11.4.